The smallest absolute Gasteiger partial charge is 0.227 e. The zero-order valence-electron chi connectivity index (χ0n) is 19.1. The number of nitrogens with one attached hydrogen (secondary N) is 1. The minimum Gasteiger partial charge on any atom is -0.497 e. The first kappa shape index (κ1) is 22.7. The van der Waals surface area contributed by atoms with E-state index >= 15 is 0 Å². The molecule has 31 heavy (non-hydrogen) atoms. The normalized spacial score (nSPS) is 15.5. The summed E-state index contributed by atoms with van der Waals surface area (Å²) in [5.74, 6) is 0.646. The minimum absolute atomic E-state index is 0.0223. The van der Waals surface area contributed by atoms with Gasteiger partial charge in [-0.2, -0.15) is 0 Å². The summed E-state index contributed by atoms with van der Waals surface area (Å²) in [4.78, 5) is 30.4. The highest BCUT2D eigenvalue weighted by atomic mass is 16.5. The van der Waals surface area contributed by atoms with Gasteiger partial charge in [0.05, 0.1) is 24.8 Å². The molecule has 0 saturated carbocycles. The van der Waals surface area contributed by atoms with Crippen molar-refractivity contribution >= 4 is 23.1 Å². The van der Waals surface area contributed by atoms with E-state index in [0.717, 1.165) is 36.3 Å². The second kappa shape index (κ2) is 9.46. The van der Waals surface area contributed by atoms with E-state index in [2.05, 4.69) is 32.2 Å². The van der Waals surface area contributed by atoms with E-state index in [-0.39, 0.29) is 29.6 Å². The molecule has 0 bridgehead atoms. The topological polar surface area (TPSA) is 67.8 Å². The number of amides is 1. The summed E-state index contributed by atoms with van der Waals surface area (Å²) < 4.78 is 5.38. The fraction of sp³-hybridized carbons (Fsp3) is 0.423. The molecule has 0 aromatic heterocycles. The van der Waals surface area contributed by atoms with Crippen molar-refractivity contribution < 1.29 is 14.3 Å². The molecule has 1 unspecified atom stereocenters. The summed E-state index contributed by atoms with van der Waals surface area (Å²) in [6.45, 7) is 8.14. The van der Waals surface area contributed by atoms with Crippen LogP contribution in [0.25, 0.3) is 0 Å². The highest BCUT2D eigenvalue weighted by Crippen LogP contribution is 2.31. The van der Waals surface area contributed by atoms with Crippen LogP contribution in [0.15, 0.2) is 47.5 Å². The van der Waals surface area contributed by atoms with Gasteiger partial charge in [-0.05, 0) is 56.5 Å². The number of hydrogen-bond donors (Lipinski definition) is 1. The highest BCUT2D eigenvalue weighted by Gasteiger charge is 2.28. The Bertz CT molecular complexity index is 1010. The number of hydrogen-bond acceptors (Lipinski definition) is 4. The second-order valence-electron chi connectivity index (χ2n) is 8.93. The van der Waals surface area contributed by atoms with E-state index in [1.807, 2.05) is 25.1 Å². The van der Waals surface area contributed by atoms with Gasteiger partial charge in [0.25, 0.3) is 0 Å². The lowest BCUT2D eigenvalue weighted by atomic mass is 9.85. The molecule has 2 aromatic carbocycles. The maximum atomic E-state index is 13.1. The lowest BCUT2D eigenvalue weighted by molar-refractivity contribution is -0.119. The number of aliphatic imine (C=N–C) groups is 1. The number of nitrogens with zero attached hydrogens (tertiary/aromatic N) is 1. The van der Waals surface area contributed by atoms with E-state index in [9.17, 15) is 9.59 Å². The van der Waals surface area contributed by atoms with Crippen LogP contribution in [0.5, 0.6) is 5.75 Å². The SMILES string of the molecule is CCCC(C)C(=O)Nc1cccc(C(=O)CC2=NC(C)(C)Cc3ccc(OC)cc32)c1. The van der Waals surface area contributed by atoms with Crippen LogP contribution in [0, 0.1) is 5.92 Å². The number of ketones is 1. The number of carbonyl (C=O) groups excluding carboxylic acids is 2. The Labute approximate surface area is 184 Å². The zero-order chi connectivity index (χ0) is 22.6. The number of rotatable bonds is 8. The van der Waals surface area contributed by atoms with Crippen molar-refractivity contribution in [1.29, 1.82) is 0 Å². The van der Waals surface area contributed by atoms with Crippen molar-refractivity contribution in [2.45, 2.75) is 58.9 Å². The van der Waals surface area contributed by atoms with Crippen LogP contribution in [-0.2, 0) is 11.2 Å². The molecule has 164 valence electrons. The van der Waals surface area contributed by atoms with Crippen molar-refractivity contribution in [1.82, 2.24) is 0 Å². The Kier molecular flexibility index (Phi) is 6.94. The monoisotopic (exact) mass is 420 g/mol. The predicted octanol–water partition coefficient (Wildman–Crippen LogP) is 5.47. The third-order valence-corrected chi connectivity index (χ3v) is 5.64. The predicted molar refractivity (Wildman–Crippen MR) is 125 cm³/mol. The van der Waals surface area contributed by atoms with Gasteiger partial charge >= 0.3 is 0 Å². The molecule has 5 nitrogen and oxygen atoms in total. The lowest BCUT2D eigenvalue weighted by Gasteiger charge is -2.29. The van der Waals surface area contributed by atoms with E-state index in [4.69, 9.17) is 9.73 Å². The quantitative estimate of drug-likeness (QED) is 0.576. The number of Topliss-reactive ketones (excluding diaryl/α,β-unsaturated/α-hetero) is 1. The van der Waals surface area contributed by atoms with Crippen LogP contribution < -0.4 is 10.1 Å². The third kappa shape index (κ3) is 5.60. The first-order valence-corrected chi connectivity index (χ1v) is 10.9. The Morgan fingerprint density at radius 3 is 2.68 bits per heavy atom. The van der Waals surface area contributed by atoms with E-state index in [0.29, 0.717) is 11.3 Å². The second-order valence-corrected chi connectivity index (χ2v) is 8.93. The van der Waals surface area contributed by atoms with Crippen molar-refractivity contribution in [2.24, 2.45) is 10.9 Å². The molecule has 1 N–H and O–H groups in total. The molecule has 0 spiro atoms. The van der Waals surface area contributed by atoms with Crippen molar-refractivity contribution in [3.63, 3.8) is 0 Å². The van der Waals surface area contributed by atoms with Crippen molar-refractivity contribution in [3.05, 3.63) is 59.2 Å². The average Bonchev–Trinajstić information content (AvgIpc) is 2.73. The molecule has 0 fully saturated rings. The molecule has 3 rings (SSSR count). The first-order chi connectivity index (χ1) is 14.7. The molecule has 0 aliphatic carbocycles. The summed E-state index contributed by atoms with van der Waals surface area (Å²) in [5.41, 5.74) is 3.88. The van der Waals surface area contributed by atoms with Crippen molar-refractivity contribution in [2.75, 3.05) is 12.4 Å². The molecular weight excluding hydrogens is 388 g/mol. The van der Waals surface area contributed by atoms with Gasteiger partial charge in [-0.25, -0.2) is 0 Å². The number of carbonyl (C=O) groups is 2. The Balaban J connectivity index is 1.81. The van der Waals surface area contributed by atoms with Crippen LogP contribution in [0.4, 0.5) is 5.69 Å². The number of methoxy groups -OCH3 is 1. The van der Waals surface area contributed by atoms with Crippen molar-refractivity contribution in [3.8, 4) is 5.75 Å². The Morgan fingerprint density at radius 2 is 1.97 bits per heavy atom. The minimum atomic E-state index is -0.261. The third-order valence-electron chi connectivity index (χ3n) is 5.64. The van der Waals surface area contributed by atoms with Gasteiger partial charge in [-0.3, -0.25) is 14.6 Å². The standard InChI is InChI=1S/C26H32N2O3/c1-6-8-17(2)25(30)27-20-10-7-9-18(13-20)24(29)15-23-22-14-21(31-5)12-11-19(22)16-26(3,4)28-23/h7,9-14,17H,6,8,15-16H2,1-5H3,(H,27,30). The van der Waals surface area contributed by atoms with Gasteiger partial charge in [0, 0.05) is 22.7 Å². The molecule has 0 radical (unpaired) electrons. The van der Waals surface area contributed by atoms with Gasteiger partial charge in [-0.1, -0.05) is 38.5 Å². The molecule has 1 aliphatic heterocycles. The van der Waals surface area contributed by atoms with Gasteiger partial charge in [0.15, 0.2) is 5.78 Å². The Morgan fingerprint density at radius 1 is 1.19 bits per heavy atom. The summed E-state index contributed by atoms with van der Waals surface area (Å²) in [6, 6.07) is 13.1. The van der Waals surface area contributed by atoms with E-state index in [1.54, 1.807) is 25.3 Å². The summed E-state index contributed by atoms with van der Waals surface area (Å²) in [6.07, 6.45) is 2.81. The number of anilines is 1. The van der Waals surface area contributed by atoms with Crippen LogP contribution in [-0.4, -0.2) is 30.1 Å². The van der Waals surface area contributed by atoms with E-state index < -0.39 is 0 Å². The molecule has 5 heteroatoms. The lowest BCUT2D eigenvalue weighted by Crippen LogP contribution is -2.30. The molecule has 1 amide bonds. The molecule has 1 heterocycles. The molecule has 0 saturated heterocycles. The summed E-state index contributed by atoms with van der Waals surface area (Å²) in [5, 5.41) is 2.93. The summed E-state index contributed by atoms with van der Waals surface area (Å²) >= 11 is 0. The van der Waals surface area contributed by atoms with Gasteiger partial charge < -0.3 is 10.1 Å². The average molecular weight is 421 g/mol. The number of ether oxygens (including phenoxy) is 1. The Hall–Kier alpha value is -2.95. The van der Waals surface area contributed by atoms with Crippen LogP contribution in [0.2, 0.25) is 0 Å². The summed E-state index contributed by atoms with van der Waals surface area (Å²) in [7, 11) is 1.64. The zero-order valence-corrected chi connectivity index (χ0v) is 19.1. The van der Waals surface area contributed by atoms with Crippen LogP contribution in [0.1, 0.15) is 68.4 Å². The number of benzene rings is 2. The van der Waals surface area contributed by atoms with Gasteiger partial charge in [0.1, 0.15) is 5.75 Å². The number of fused-ring (bicyclic) bond motifs is 1. The van der Waals surface area contributed by atoms with Crippen LogP contribution >= 0.6 is 0 Å². The largest absolute Gasteiger partial charge is 0.497 e. The van der Waals surface area contributed by atoms with Crippen LogP contribution in [0.3, 0.4) is 0 Å². The van der Waals surface area contributed by atoms with E-state index in [1.165, 1.54) is 5.56 Å². The maximum Gasteiger partial charge on any atom is 0.227 e. The molecule has 1 atom stereocenters. The van der Waals surface area contributed by atoms with Gasteiger partial charge in [0.2, 0.25) is 5.91 Å². The first-order valence-electron chi connectivity index (χ1n) is 10.9. The molecule has 1 aliphatic rings. The fourth-order valence-electron chi connectivity index (χ4n) is 4.03. The van der Waals surface area contributed by atoms with Gasteiger partial charge in [-0.15, -0.1) is 0 Å². The molecule has 2 aromatic rings. The highest BCUT2D eigenvalue weighted by molar-refractivity contribution is 6.17. The fourth-order valence-corrected chi connectivity index (χ4v) is 4.03. The maximum absolute atomic E-state index is 13.1. The molecular formula is C26H32N2O3.